The van der Waals surface area contributed by atoms with Crippen LogP contribution in [0.25, 0.3) is 11.3 Å². The molecule has 0 unspecified atom stereocenters. The van der Waals surface area contributed by atoms with Gasteiger partial charge in [0, 0.05) is 18.8 Å². The molecule has 2 aromatic heterocycles. The van der Waals surface area contributed by atoms with Crippen LogP contribution in [-0.4, -0.2) is 26.0 Å². The SMILES string of the molecule is CSc1cc(-c2cnn(C)c2)ncn1. The van der Waals surface area contributed by atoms with Gasteiger partial charge < -0.3 is 0 Å². The quantitative estimate of drug-likeness (QED) is 0.553. The van der Waals surface area contributed by atoms with E-state index in [0.29, 0.717) is 0 Å². The average Bonchev–Trinajstić information content (AvgIpc) is 2.65. The summed E-state index contributed by atoms with van der Waals surface area (Å²) in [4.78, 5) is 8.31. The van der Waals surface area contributed by atoms with Crippen LogP contribution in [0.15, 0.2) is 29.8 Å². The standard InChI is InChI=1S/C9H10N4S/c1-13-5-7(4-12-13)8-3-9(14-2)11-6-10-8/h3-6H,1-2H3. The van der Waals surface area contributed by atoms with Gasteiger partial charge in [-0.2, -0.15) is 5.10 Å². The molecule has 2 rings (SSSR count). The van der Waals surface area contributed by atoms with Crippen molar-refractivity contribution in [2.24, 2.45) is 7.05 Å². The molecule has 14 heavy (non-hydrogen) atoms. The maximum absolute atomic E-state index is 4.19. The molecular formula is C9H10N4S. The van der Waals surface area contributed by atoms with E-state index in [0.717, 1.165) is 16.3 Å². The summed E-state index contributed by atoms with van der Waals surface area (Å²) < 4.78 is 1.76. The number of rotatable bonds is 2. The second kappa shape index (κ2) is 3.79. The van der Waals surface area contributed by atoms with Crippen LogP contribution in [0.2, 0.25) is 0 Å². The van der Waals surface area contributed by atoms with Crippen molar-refractivity contribution in [1.82, 2.24) is 19.7 Å². The molecule has 0 N–H and O–H groups in total. The van der Waals surface area contributed by atoms with E-state index in [-0.39, 0.29) is 0 Å². The van der Waals surface area contributed by atoms with Gasteiger partial charge >= 0.3 is 0 Å². The summed E-state index contributed by atoms with van der Waals surface area (Å²) in [7, 11) is 1.89. The number of hydrogen-bond acceptors (Lipinski definition) is 4. The lowest BCUT2D eigenvalue weighted by Gasteiger charge is -1.97. The maximum Gasteiger partial charge on any atom is 0.117 e. The van der Waals surface area contributed by atoms with Crippen LogP contribution in [0.4, 0.5) is 0 Å². The molecule has 4 nitrogen and oxygen atoms in total. The predicted molar refractivity (Wildman–Crippen MR) is 56.0 cm³/mol. The first kappa shape index (κ1) is 9.21. The Morgan fingerprint density at radius 3 is 2.86 bits per heavy atom. The second-order valence-corrected chi connectivity index (χ2v) is 3.67. The van der Waals surface area contributed by atoms with Gasteiger partial charge in [0.15, 0.2) is 0 Å². The normalized spacial score (nSPS) is 10.4. The molecule has 0 fully saturated rings. The molecule has 0 aliphatic heterocycles. The molecule has 5 heteroatoms. The monoisotopic (exact) mass is 206 g/mol. The molecule has 0 saturated carbocycles. The Kier molecular flexibility index (Phi) is 2.49. The Morgan fingerprint density at radius 2 is 2.21 bits per heavy atom. The van der Waals surface area contributed by atoms with Crippen molar-refractivity contribution in [2.75, 3.05) is 6.26 Å². The van der Waals surface area contributed by atoms with E-state index in [9.17, 15) is 0 Å². The topological polar surface area (TPSA) is 43.6 Å². The molecule has 0 bridgehead atoms. The van der Waals surface area contributed by atoms with E-state index >= 15 is 0 Å². The van der Waals surface area contributed by atoms with E-state index < -0.39 is 0 Å². The Bertz CT molecular complexity index is 438. The van der Waals surface area contributed by atoms with Crippen molar-refractivity contribution < 1.29 is 0 Å². The minimum absolute atomic E-state index is 0.914. The third kappa shape index (κ3) is 1.77. The van der Waals surface area contributed by atoms with Gasteiger partial charge in [-0.25, -0.2) is 9.97 Å². The van der Waals surface area contributed by atoms with Crippen LogP contribution in [0, 0.1) is 0 Å². The lowest BCUT2D eigenvalue weighted by atomic mass is 10.2. The highest BCUT2D eigenvalue weighted by Gasteiger charge is 2.02. The third-order valence-corrected chi connectivity index (χ3v) is 2.49. The van der Waals surface area contributed by atoms with Crippen LogP contribution >= 0.6 is 11.8 Å². The predicted octanol–water partition coefficient (Wildman–Crippen LogP) is 1.60. The Hall–Kier alpha value is -1.36. The molecule has 0 aromatic carbocycles. The maximum atomic E-state index is 4.19. The van der Waals surface area contributed by atoms with E-state index in [1.807, 2.05) is 25.6 Å². The summed E-state index contributed by atoms with van der Waals surface area (Å²) in [5.41, 5.74) is 1.93. The summed E-state index contributed by atoms with van der Waals surface area (Å²) in [5, 5.41) is 5.07. The molecule has 0 spiro atoms. The minimum Gasteiger partial charge on any atom is -0.275 e. The summed E-state index contributed by atoms with van der Waals surface area (Å²) in [6, 6.07) is 1.96. The molecule has 0 saturated heterocycles. The van der Waals surface area contributed by atoms with Crippen molar-refractivity contribution >= 4 is 11.8 Å². The van der Waals surface area contributed by atoms with Crippen LogP contribution in [0.3, 0.4) is 0 Å². The number of aromatic nitrogens is 4. The summed E-state index contributed by atoms with van der Waals surface area (Å²) in [5.74, 6) is 0. The number of hydrogen-bond donors (Lipinski definition) is 0. The molecule has 0 atom stereocenters. The highest BCUT2D eigenvalue weighted by Crippen LogP contribution is 2.19. The second-order valence-electron chi connectivity index (χ2n) is 2.85. The number of aryl methyl sites for hydroxylation is 1. The number of thioether (sulfide) groups is 1. The fourth-order valence-electron chi connectivity index (χ4n) is 1.16. The first-order valence-electron chi connectivity index (χ1n) is 4.14. The zero-order chi connectivity index (χ0) is 9.97. The van der Waals surface area contributed by atoms with Gasteiger partial charge in [0.2, 0.25) is 0 Å². The Labute approximate surface area is 86.4 Å². The van der Waals surface area contributed by atoms with Crippen molar-refractivity contribution in [3.05, 3.63) is 24.8 Å². The highest BCUT2D eigenvalue weighted by molar-refractivity contribution is 7.98. The molecule has 2 aromatic rings. The molecule has 2 heterocycles. The molecule has 0 radical (unpaired) electrons. The Balaban J connectivity index is 2.41. The lowest BCUT2D eigenvalue weighted by molar-refractivity contribution is 0.768. The van der Waals surface area contributed by atoms with Crippen molar-refractivity contribution in [2.45, 2.75) is 5.03 Å². The molecule has 72 valence electrons. The van der Waals surface area contributed by atoms with Crippen LogP contribution < -0.4 is 0 Å². The van der Waals surface area contributed by atoms with Crippen molar-refractivity contribution in [3.8, 4) is 11.3 Å². The zero-order valence-electron chi connectivity index (χ0n) is 8.01. The van der Waals surface area contributed by atoms with Gasteiger partial charge in [0.05, 0.1) is 16.9 Å². The first-order chi connectivity index (χ1) is 6.79. The van der Waals surface area contributed by atoms with Crippen molar-refractivity contribution in [1.29, 1.82) is 0 Å². The molecule has 0 aliphatic carbocycles. The van der Waals surface area contributed by atoms with Gasteiger partial charge in [0.25, 0.3) is 0 Å². The number of nitrogens with zero attached hydrogens (tertiary/aromatic N) is 4. The fourth-order valence-corrected chi connectivity index (χ4v) is 1.54. The summed E-state index contributed by atoms with van der Waals surface area (Å²) >= 11 is 1.61. The van der Waals surface area contributed by atoms with Gasteiger partial charge in [-0.05, 0) is 12.3 Å². The summed E-state index contributed by atoms with van der Waals surface area (Å²) in [6.45, 7) is 0. The van der Waals surface area contributed by atoms with E-state index in [1.165, 1.54) is 0 Å². The molecular weight excluding hydrogens is 196 g/mol. The van der Waals surface area contributed by atoms with Crippen LogP contribution in [-0.2, 0) is 7.05 Å². The van der Waals surface area contributed by atoms with Crippen LogP contribution in [0.5, 0.6) is 0 Å². The summed E-state index contributed by atoms with van der Waals surface area (Å²) in [6.07, 6.45) is 7.31. The molecule has 0 aliphatic rings. The van der Waals surface area contributed by atoms with Gasteiger partial charge in [0.1, 0.15) is 6.33 Å². The highest BCUT2D eigenvalue weighted by atomic mass is 32.2. The van der Waals surface area contributed by atoms with Gasteiger partial charge in [-0.3, -0.25) is 4.68 Å². The smallest absolute Gasteiger partial charge is 0.117 e. The largest absolute Gasteiger partial charge is 0.275 e. The van der Waals surface area contributed by atoms with Gasteiger partial charge in [-0.1, -0.05) is 0 Å². The Morgan fingerprint density at radius 1 is 1.36 bits per heavy atom. The first-order valence-corrected chi connectivity index (χ1v) is 5.37. The third-order valence-electron chi connectivity index (χ3n) is 1.85. The minimum atomic E-state index is 0.914. The average molecular weight is 206 g/mol. The van der Waals surface area contributed by atoms with E-state index in [2.05, 4.69) is 15.1 Å². The van der Waals surface area contributed by atoms with E-state index in [1.54, 1.807) is 29.0 Å². The van der Waals surface area contributed by atoms with Crippen molar-refractivity contribution in [3.63, 3.8) is 0 Å². The molecule has 0 amide bonds. The van der Waals surface area contributed by atoms with E-state index in [4.69, 9.17) is 0 Å². The van der Waals surface area contributed by atoms with Gasteiger partial charge in [-0.15, -0.1) is 11.8 Å². The lowest BCUT2D eigenvalue weighted by Crippen LogP contribution is -1.86. The van der Waals surface area contributed by atoms with Crippen LogP contribution in [0.1, 0.15) is 0 Å². The fraction of sp³-hybridized carbons (Fsp3) is 0.222. The zero-order valence-corrected chi connectivity index (χ0v) is 8.82.